The Morgan fingerprint density at radius 3 is 2.50 bits per heavy atom. The summed E-state index contributed by atoms with van der Waals surface area (Å²) in [4.78, 5) is 12.6. The highest BCUT2D eigenvalue weighted by atomic mass is 35.5. The van der Waals surface area contributed by atoms with E-state index in [1.165, 1.54) is 12.0 Å². The van der Waals surface area contributed by atoms with Crippen LogP contribution in [0.25, 0.3) is 11.3 Å². The topological polar surface area (TPSA) is 81.2 Å². The van der Waals surface area contributed by atoms with Crippen molar-refractivity contribution in [1.29, 1.82) is 0 Å². The first-order valence-corrected chi connectivity index (χ1v) is 9.20. The van der Waals surface area contributed by atoms with Gasteiger partial charge >= 0.3 is 0 Å². The number of hydrogen-bond donors (Lipinski definition) is 2. The maximum Gasteiger partial charge on any atom is 0.290 e. The largest absolute Gasteiger partial charge is 0.350 e. The zero-order chi connectivity index (χ0) is 17.4. The van der Waals surface area contributed by atoms with Crippen molar-refractivity contribution in [2.75, 3.05) is 0 Å². The molecule has 2 aromatic rings. The number of hydrogen-bond acceptors (Lipinski definition) is 4. The molecular formula is C20H26ClN3O2. The van der Waals surface area contributed by atoms with Gasteiger partial charge in [0, 0.05) is 23.7 Å². The lowest BCUT2D eigenvalue weighted by molar-refractivity contribution is 0.0725. The Hall–Kier alpha value is -1.85. The van der Waals surface area contributed by atoms with Crippen molar-refractivity contribution in [2.24, 2.45) is 17.6 Å². The van der Waals surface area contributed by atoms with Crippen molar-refractivity contribution in [3.8, 4) is 11.3 Å². The smallest absolute Gasteiger partial charge is 0.290 e. The lowest BCUT2D eigenvalue weighted by Crippen LogP contribution is -2.53. The van der Waals surface area contributed by atoms with Crippen LogP contribution in [0.2, 0.25) is 0 Å². The normalized spacial score (nSPS) is 27.5. The van der Waals surface area contributed by atoms with E-state index < -0.39 is 0 Å². The van der Waals surface area contributed by atoms with Crippen LogP contribution in [0.4, 0.5) is 0 Å². The van der Waals surface area contributed by atoms with Crippen LogP contribution in [0.3, 0.4) is 0 Å². The number of benzene rings is 1. The third-order valence-corrected chi connectivity index (χ3v) is 5.76. The number of fused-ring (bicyclic) bond motifs is 2. The summed E-state index contributed by atoms with van der Waals surface area (Å²) in [6, 6.07) is 10.2. The third-order valence-electron chi connectivity index (χ3n) is 5.76. The van der Waals surface area contributed by atoms with Gasteiger partial charge in [-0.3, -0.25) is 4.79 Å². The molecule has 3 N–H and O–H groups in total. The number of rotatable bonds is 3. The molecule has 1 aromatic heterocycles. The minimum absolute atomic E-state index is 0. The summed E-state index contributed by atoms with van der Waals surface area (Å²) < 4.78 is 5.31. The van der Waals surface area contributed by atoms with Gasteiger partial charge in [0.2, 0.25) is 5.76 Å². The zero-order valence-corrected chi connectivity index (χ0v) is 15.8. The monoisotopic (exact) mass is 375 g/mol. The summed E-state index contributed by atoms with van der Waals surface area (Å²) in [6.45, 7) is 2.04. The van der Waals surface area contributed by atoms with Crippen LogP contribution in [0, 0.1) is 18.8 Å². The quantitative estimate of drug-likeness (QED) is 0.856. The van der Waals surface area contributed by atoms with Crippen molar-refractivity contribution in [1.82, 2.24) is 10.5 Å². The highest BCUT2D eigenvalue weighted by Crippen LogP contribution is 2.39. The molecule has 140 valence electrons. The van der Waals surface area contributed by atoms with Gasteiger partial charge in [-0.15, -0.1) is 12.4 Å². The molecule has 5 nitrogen and oxygen atoms in total. The van der Waals surface area contributed by atoms with Crippen LogP contribution >= 0.6 is 12.4 Å². The van der Waals surface area contributed by atoms with E-state index in [1.54, 1.807) is 6.07 Å². The Morgan fingerprint density at radius 2 is 1.85 bits per heavy atom. The molecule has 4 rings (SSSR count). The summed E-state index contributed by atoms with van der Waals surface area (Å²) in [5.41, 5.74) is 9.00. The number of aryl methyl sites for hydroxylation is 1. The number of nitrogens with zero attached hydrogens (tertiary/aromatic N) is 1. The van der Waals surface area contributed by atoms with E-state index in [2.05, 4.69) is 10.5 Å². The average Bonchev–Trinajstić information content (AvgIpc) is 3.06. The fourth-order valence-corrected chi connectivity index (χ4v) is 4.49. The zero-order valence-electron chi connectivity index (χ0n) is 15.0. The Morgan fingerprint density at radius 1 is 1.19 bits per heavy atom. The molecule has 1 aromatic carbocycles. The molecule has 2 aliphatic carbocycles. The van der Waals surface area contributed by atoms with E-state index in [0.717, 1.165) is 31.2 Å². The van der Waals surface area contributed by atoms with Crippen LogP contribution in [-0.2, 0) is 0 Å². The van der Waals surface area contributed by atoms with Gasteiger partial charge in [0.05, 0.1) is 0 Å². The highest BCUT2D eigenvalue weighted by Gasteiger charge is 2.40. The van der Waals surface area contributed by atoms with Crippen LogP contribution in [-0.4, -0.2) is 23.1 Å². The Kier molecular flexibility index (Phi) is 5.68. The minimum atomic E-state index is -0.164. The van der Waals surface area contributed by atoms with Gasteiger partial charge in [0.1, 0.15) is 5.69 Å². The second-order valence-corrected chi connectivity index (χ2v) is 7.62. The predicted octanol–water partition coefficient (Wildman–Crippen LogP) is 3.71. The molecule has 2 unspecified atom stereocenters. The van der Waals surface area contributed by atoms with E-state index in [4.69, 9.17) is 10.3 Å². The van der Waals surface area contributed by atoms with Gasteiger partial charge < -0.3 is 15.6 Å². The maximum absolute atomic E-state index is 12.6. The molecule has 1 amide bonds. The van der Waals surface area contributed by atoms with Crippen molar-refractivity contribution in [3.05, 3.63) is 41.7 Å². The van der Waals surface area contributed by atoms with Gasteiger partial charge in [-0.05, 0) is 44.4 Å². The Labute approximate surface area is 160 Å². The highest BCUT2D eigenvalue weighted by molar-refractivity contribution is 5.92. The molecule has 6 heteroatoms. The molecule has 2 atom stereocenters. The Bertz CT molecular complexity index is 745. The van der Waals surface area contributed by atoms with Crippen molar-refractivity contribution >= 4 is 18.3 Å². The van der Waals surface area contributed by atoms with Gasteiger partial charge in [-0.1, -0.05) is 41.4 Å². The molecule has 0 aliphatic heterocycles. The summed E-state index contributed by atoms with van der Waals surface area (Å²) >= 11 is 0. The number of nitrogens with one attached hydrogen (secondary N) is 1. The second kappa shape index (κ2) is 7.80. The molecule has 0 radical (unpaired) electrons. The van der Waals surface area contributed by atoms with Crippen LogP contribution < -0.4 is 11.1 Å². The van der Waals surface area contributed by atoms with E-state index >= 15 is 0 Å². The molecule has 2 fully saturated rings. The number of nitrogens with two attached hydrogens (primary N) is 1. The van der Waals surface area contributed by atoms with E-state index in [1.807, 2.05) is 31.2 Å². The fraction of sp³-hybridized carbons (Fsp3) is 0.500. The first-order chi connectivity index (χ1) is 12.1. The van der Waals surface area contributed by atoms with Gasteiger partial charge in [0.25, 0.3) is 5.91 Å². The van der Waals surface area contributed by atoms with Gasteiger partial charge in [-0.25, -0.2) is 0 Å². The number of amides is 1. The molecule has 2 bridgehead atoms. The first-order valence-electron chi connectivity index (χ1n) is 9.20. The van der Waals surface area contributed by atoms with E-state index in [-0.39, 0.29) is 36.2 Å². The number of carbonyl (C=O) groups excluding carboxylic acids is 1. The first kappa shape index (κ1) is 18.9. The molecule has 0 spiro atoms. The number of carbonyl (C=O) groups is 1. The summed E-state index contributed by atoms with van der Waals surface area (Å²) in [6.07, 6.45) is 5.56. The van der Waals surface area contributed by atoms with Crippen LogP contribution in [0.15, 0.2) is 34.9 Å². The lowest BCUT2D eigenvalue weighted by Gasteiger charge is -2.45. The third kappa shape index (κ3) is 3.79. The maximum atomic E-state index is 12.6. The molecular weight excluding hydrogens is 350 g/mol. The molecule has 26 heavy (non-hydrogen) atoms. The number of aromatic nitrogens is 1. The van der Waals surface area contributed by atoms with Crippen LogP contribution in [0.1, 0.15) is 48.2 Å². The molecule has 0 saturated heterocycles. The summed E-state index contributed by atoms with van der Waals surface area (Å²) in [5, 5.41) is 7.26. The molecule has 2 aliphatic rings. The SMILES string of the molecule is Cc1ccc(-c2cc(C(=O)NC3C4CCCC3CC(N)C4)on2)cc1.Cl. The predicted molar refractivity (Wildman–Crippen MR) is 103 cm³/mol. The second-order valence-electron chi connectivity index (χ2n) is 7.62. The number of halogens is 1. The fourth-order valence-electron chi connectivity index (χ4n) is 4.49. The average molecular weight is 376 g/mol. The summed E-state index contributed by atoms with van der Waals surface area (Å²) in [7, 11) is 0. The van der Waals surface area contributed by atoms with Crippen molar-refractivity contribution < 1.29 is 9.32 Å². The van der Waals surface area contributed by atoms with E-state index in [0.29, 0.717) is 17.5 Å². The van der Waals surface area contributed by atoms with Crippen molar-refractivity contribution in [2.45, 2.75) is 51.1 Å². The summed E-state index contributed by atoms with van der Waals surface area (Å²) in [5.74, 6) is 1.10. The molecule has 1 heterocycles. The Balaban J connectivity index is 0.00000196. The minimum Gasteiger partial charge on any atom is -0.350 e. The van der Waals surface area contributed by atoms with Crippen molar-refractivity contribution in [3.63, 3.8) is 0 Å². The van der Waals surface area contributed by atoms with Crippen LogP contribution in [0.5, 0.6) is 0 Å². The van der Waals surface area contributed by atoms with Gasteiger partial charge in [0.15, 0.2) is 0 Å². The molecule has 2 saturated carbocycles. The lowest BCUT2D eigenvalue weighted by atomic mass is 9.67. The van der Waals surface area contributed by atoms with E-state index in [9.17, 15) is 4.79 Å². The van der Waals surface area contributed by atoms with Gasteiger partial charge in [-0.2, -0.15) is 0 Å². The standard InChI is InChI=1S/C20H25N3O2.ClH/c1-12-5-7-13(8-6-12)17-11-18(25-23-17)20(24)22-19-14-3-2-4-15(19)10-16(21)9-14;/h5-8,11,14-16,19H,2-4,9-10,21H2,1H3,(H,22,24);1H.